The van der Waals surface area contributed by atoms with E-state index in [0.29, 0.717) is 11.6 Å². The Labute approximate surface area is 184 Å². The molecule has 1 fully saturated rings. The van der Waals surface area contributed by atoms with E-state index in [2.05, 4.69) is 37.4 Å². The van der Waals surface area contributed by atoms with Crippen molar-refractivity contribution >= 4 is 33.9 Å². The van der Waals surface area contributed by atoms with Crippen LogP contribution in [0.3, 0.4) is 0 Å². The summed E-state index contributed by atoms with van der Waals surface area (Å²) < 4.78 is 7.18. The van der Waals surface area contributed by atoms with Crippen molar-refractivity contribution in [3.63, 3.8) is 0 Å². The van der Waals surface area contributed by atoms with Crippen LogP contribution >= 0.6 is 0 Å². The minimum absolute atomic E-state index is 0.525. The fraction of sp³-hybridized carbons (Fsp3) is 0.167. The van der Waals surface area contributed by atoms with Crippen LogP contribution in [0.5, 0.6) is 0 Å². The molecule has 158 valence electrons. The molecule has 0 amide bonds. The number of morpholine rings is 1. The molecule has 0 unspecified atom stereocenters. The average molecular weight is 423 g/mol. The molecule has 32 heavy (non-hydrogen) atoms. The molecule has 1 aliphatic rings. The fourth-order valence-corrected chi connectivity index (χ4v) is 3.99. The lowest BCUT2D eigenvalue weighted by molar-refractivity contribution is 0.122. The monoisotopic (exact) mass is 423 g/mol. The number of benzene rings is 2. The number of hydrogen-bond acceptors (Lipinski definition) is 7. The topological polar surface area (TPSA) is 80.5 Å². The summed E-state index contributed by atoms with van der Waals surface area (Å²) in [5, 5.41) is 8.98. The second kappa shape index (κ2) is 7.90. The molecule has 8 heteroatoms. The number of hydrogen-bond donors (Lipinski definition) is 1. The third kappa shape index (κ3) is 3.50. The van der Waals surface area contributed by atoms with Gasteiger partial charge in [-0.3, -0.25) is 9.97 Å². The Hall–Kier alpha value is -4.04. The highest BCUT2D eigenvalue weighted by molar-refractivity contribution is 5.86. The highest BCUT2D eigenvalue weighted by Gasteiger charge is 2.13. The van der Waals surface area contributed by atoms with E-state index in [4.69, 9.17) is 9.72 Å². The molecule has 8 nitrogen and oxygen atoms in total. The number of aromatic nitrogens is 5. The molecular formula is C24H21N7O. The molecule has 2 aromatic carbocycles. The van der Waals surface area contributed by atoms with Gasteiger partial charge in [0.1, 0.15) is 5.69 Å². The van der Waals surface area contributed by atoms with Crippen LogP contribution in [0.15, 0.2) is 73.2 Å². The van der Waals surface area contributed by atoms with Crippen molar-refractivity contribution in [1.29, 1.82) is 0 Å². The summed E-state index contributed by atoms with van der Waals surface area (Å²) in [6.45, 7) is 3.38. The van der Waals surface area contributed by atoms with Crippen molar-refractivity contribution in [2.45, 2.75) is 0 Å². The first-order valence-electron chi connectivity index (χ1n) is 10.6. The molecule has 1 aliphatic heterocycles. The molecule has 1 saturated heterocycles. The van der Waals surface area contributed by atoms with Crippen molar-refractivity contribution in [2.75, 3.05) is 36.5 Å². The highest BCUT2D eigenvalue weighted by Crippen LogP contribution is 2.26. The van der Waals surface area contributed by atoms with Gasteiger partial charge in [0.15, 0.2) is 5.65 Å². The van der Waals surface area contributed by atoms with Gasteiger partial charge in [0, 0.05) is 54.0 Å². The summed E-state index contributed by atoms with van der Waals surface area (Å²) in [4.78, 5) is 16.1. The Morgan fingerprint density at radius 3 is 2.66 bits per heavy atom. The molecule has 0 aliphatic carbocycles. The van der Waals surface area contributed by atoms with E-state index in [-0.39, 0.29) is 0 Å². The van der Waals surface area contributed by atoms with Gasteiger partial charge < -0.3 is 15.0 Å². The summed E-state index contributed by atoms with van der Waals surface area (Å²) in [7, 11) is 0. The van der Waals surface area contributed by atoms with Gasteiger partial charge in [0.25, 0.3) is 0 Å². The number of nitrogens with one attached hydrogen (secondary N) is 1. The smallest absolute Gasteiger partial charge is 0.247 e. The van der Waals surface area contributed by atoms with E-state index in [1.807, 2.05) is 42.5 Å². The minimum atomic E-state index is 0.525. The third-order valence-electron chi connectivity index (χ3n) is 5.63. The van der Waals surface area contributed by atoms with E-state index in [1.165, 1.54) is 5.69 Å². The van der Waals surface area contributed by atoms with Crippen molar-refractivity contribution < 1.29 is 4.74 Å². The van der Waals surface area contributed by atoms with E-state index < -0.39 is 0 Å². The zero-order valence-electron chi connectivity index (χ0n) is 17.3. The molecule has 3 aromatic heterocycles. The van der Waals surface area contributed by atoms with Gasteiger partial charge in [-0.1, -0.05) is 18.2 Å². The van der Waals surface area contributed by atoms with E-state index >= 15 is 0 Å². The largest absolute Gasteiger partial charge is 0.378 e. The molecular weight excluding hydrogens is 402 g/mol. The van der Waals surface area contributed by atoms with Crippen LogP contribution in [-0.4, -0.2) is 50.9 Å². The minimum Gasteiger partial charge on any atom is -0.378 e. The number of pyridine rings is 1. The SMILES string of the molecule is c1cnc2cc(-c3nccn4nc(Nc5ccc(N6CCOCC6)cc5)nc34)ccc2c1. The summed E-state index contributed by atoms with van der Waals surface area (Å²) in [6.07, 6.45) is 5.34. The lowest BCUT2D eigenvalue weighted by Gasteiger charge is -2.28. The molecule has 0 atom stereocenters. The van der Waals surface area contributed by atoms with Crippen molar-refractivity contribution in [1.82, 2.24) is 24.6 Å². The Morgan fingerprint density at radius 2 is 1.78 bits per heavy atom. The standard InChI is InChI=1S/C24H21N7O/c1-2-17-3-4-18(16-21(17)25-9-1)22-23-28-24(29-31(23)11-10-26-22)27-19-5-7-20(8-6-19)30-12-14-32-15-13-30/h1-11,16H,12-15H2,(H,27,29). The van der Waals surface area contributed by atoms with Crippen molar-refractivity contribution in [3.05, 3.63) is 73.2 Å². The normalized spacial score (nSPS) is 14.2. The first-order chi connectivity index (χ1) is 15.8. The number of rotatable bonds is 4. The van der Waals surface area contributed by atoms with Crippen LogP contribution < -0.4 is 10.2 Å². The van der Waals surface area contributed by atoms with Gasteiger partial charge in [-0.2, -0.15) is 4.98 Å². The Kier molecular flexibility index (Phi) is 4.62. The summed E-state index contributed by atoms with van der Waals surface area (Å²) >= 11 is 0. The number of fused-ring (bicyclic) bond motifs is 2. The number of anilines is 3. The number of ether oxygens (including phenoxy) is 1. The maximum Gasteiger partial charge on any atom is 0.247 e. The first-order valence-corrected chi connectivity index (χ1v) is 10.6. The lowest BCUT2D eigenvalue weighted by Crippen LogP contribution is -2.36. The fourth-order valence-electron chi connectivity index (χ4n) is 3.99. The Bertz CT molecular complexity index is 1390. The second-order valence-corrected chi connectivity index (χ2v) is 7.66. The Morgan fingerprint density at radius 1 is 0.906 bits per heavy atom. The van der Waals surface area contributed by atoms with Crippen LogP contribution in [0.25, 0.3) is 27.8 Å². The van der Waals surface area contributed by atoms with Gasteiger partial charge in [-0.25, -0.2) is 4.52 Å². The maximum absolute atomic E-state index is 5.43. The van der Waals surface area contributed by atoms with Crippen LogP contribution in [0.1, 0.15) is 0 Å². The molecule has 0 bridgehead atoms. The van der Waals surface area contributed by atoms with Crippen molar-refractivity contribution in [3.8, 4) is 11.3 Å². The maximum atomic E-state index is 5.43. The predicted octanol–water partition coefficient (Wildman–Crippen LogP) is 3.92. The quantitative estimate of drug-likeness (QED) is 0.469. The van der Waals surface area contributed by atoms with Crippen molar-refractivity contribution in [2.24, 2.45) is 0 Å². The molecule has 4 heterocycles. The summed E-state index contributed by atoms with van der Waals surface area (Å²) in [6, 6.07) is 18.4. The first kappa shape index (κ1) is 18.7. The second-order valence-electron chi connectivity index (χ2n) is 7.66. The highest BCUT2D eigenvalue weighted by atomic mass is 16.5. The molecule has 0 radical (unpaired) electrons. The Balaban J connectivity index is 1.29. The predicted molar refractivity (Wildman–Crippen MR) is 124 cm³/mol. The summed E-state index contributed by atoms with van der Waals surface area (Å²) in [5.74, 6) is 0.525. The van der Waals surface area contributed by atoms with Crippen LogP contribution in [0, 0.1) is 0 Å². The number of nitrogens with zero attached hydrogens (tertiary/aromatic N) is 6. The van der Waals surface area contributed by atoms with Gasteiger partial charge in [0.2, 0.25) is 5.95 Å². The lowest BCUT2D eigenvalue weighted by atomic mass is 10.1. The van der Waals surface area contributed by atoms with Gasteiger partial charge in [-0.05, 0) is 36.4 Å². The van der Waals surface area contributed by atoms with Gasteiger partial charge in [-0.15, -0.1) is 5.10 Å². The van der Waals surface area contributed by atoms with E-state index in [0.717, 1.165) is 54.2 Å². The summed E-state index contributed by atoms with van der Waals surface area (Å²) in [5.41, 5.74) is 5.46. The zero-order valence-corrected chi connectivity index (χ0v) is 17.3. The molecule has 1 N–H and O–H groups in total. The van der Waals surface area contributed by atoms with E-state index in [9.17, 15) is 0 Å². The molecule has 6 rings (SSSR count). The molecule has 5 aromatic rings. The third-order valence-corrected chi connectivity index (χ3v) is 5.63. The van der Waals surface area contributed by atoms with Crippen LogP contribution in [0.4, 0.5) is 17.3 Å². The van der Waals surface area contributed by atoms with Gasteiger partial charge in [0.05, 0.1) is 18.7 Å². The van der Waals surface area contributed by atoms with Gasteiger partial charge >= 0.3 is 0 Å². The molecule has 0 spiro atoms. The zero-order chi connectivity index (χ0) is 21.3. The van der Waals surface area contributed by atoms with E-state index in [1.54, 1.807) is 23.1 Å². The molecule has 0 saturated carbocycles. The average Bonchev–Trinajstić information content (AvgIpc) is 3.27. The van der Waals surface area contributed by atoms with Crippen LogP contribution in [-0.2, 0) is 4.74 Å². The van der Waals surface area contributed by atoms with Crippen LogP contribution in [0.2, 0.25) is 0 Å².